The molecule has 0 amide bonds. The summed E-state index contributed by atoms with van der Waals surface area (Å²) < 4.78 is 15.3. The van der Waals surface area contributed by atoms with Gasteiger partial charge in [-0.15, -0.1) is 0 Å². The van der Waals surface area contributed by atoms with Crippen molar-refractivity contribution in [1.82, 2.24) is 14.4 Å². The van der Waals surface area contributed by atoms with Crippen LogP contribution in [-0.2, 0) is 0 Å². The zero-order valence-corrected chi connectivity index (χ0v) is 14.6. The van der Waals surface area contributed by atoms with Gasteiger partial charge in [-0.2, -0.15) is 0 Å². The Bertz CT molecular complexity index is 1030. The minimum Gasteiger partial charge on any atom is -0.339 e. The van der Waals surface area contributed by atoms with E-state index in [0.717, 1.165) is 28.4 Å². The van der Waals surface area contributed by atoms with Gasteiger partial charge in [0.15, 0.2) is 5.65 Å². The molecule has 130 valence electrons. The minimum atomic E-state index is -0.266. The molecule has 0 aliphatic rings. The molecule has 4 aromatic rings. The van der Waals surface area contributed by atoms with Crippen LogP contribution in [0.5, 0.6) is 0 Å². The Balaban J connectivity index is 1.79. The number of hydrogen-bond acceptors (Lipinski definition) is 3. The first-order chi connectivity index (χ1) is 12.6. The predicted octanol–water partition coefficient (Wildman–Crippen LogP) is 5.40. The highest BCUT2D eigenvalue weighted by Crippen LogP contribution is 2.31. The molecule has 4 nitrogen and oxygen atoms in total. The van der Waals surface area contributed by atoms with E-state index in [0.29, 0.717) is 5.92 Å². The van der Waals surface area contributed by atoms with E-state index in [4.69, 9.17) is 0 Å². The van der Waals surface area contributed by atoms with Gasteiger partial charge in [0.05, 0.1) is 6.20 Å². The average Bonchev–Trinajstić information content (AvgIpc) is 3.01. The number of nitrogens with zero attached hydrogens (tertiary/aromatic N) is 3. The molecule has 26 heavy (non-hydrogen) atoms. The number of aromatic nitrogens is 3. The summed E-state index contributed by atoms with van der Waals surface area (Å²) in [4.78, 5) is 8.81. The number of benzene rings is 2. The third kappa shape index (κ3) is 3.04. The van der Waals surface area contributed by atoms with Gasteiger partial charge in [0.2, 0.25) is 0 Å². The van der Waals surface area contributed by atoms with Crippen LogP contribution in [-0.4, -0.2) is 14.4 Å². The van der Waals surface area contributed by atoms with Crippen LogP contribution in [0.25, 0.3) is 16.9 Å². The first-order valence-electron chi connectivity index (χ1n) is 8.57. The van der Waals surface area contributed by atoms with Crippen molar-refractivity contribution in [1.29, 1.82) is 0 Å². The van der Waals surface area contributed by atoms with Crippen LogP contribution >= 0.6 is 0 Å². The van der Waals surface area contributed by atoms with Crippen molar-refractivity contribution < 1.29 is 4.39 Å². The van der Waals surface area contributed by atoms with Gasteiger partial charge in [0.25, 0.3) is 0 Å². The van der Waals surface area contributed by atoms with Crippen LogP contribution < -0.4 is 5.32 Å². The van der Waals surface area contributed by atoms with Gasteiger partial charge in [-0.25, -0.2) is 9.37 Å². The average molecular weight is 346 g/mol. The maximum Gasteiger partial charge on any atom is 0.157 e. The molecule has 0 aliphatic heterocycles. The smallest absolute Gasteiger partial charge is 0.157 e. The van der Waals surface area contributed by atoms with Gasteiger partial charge in [0, 0.05) is 23.6 Å². The molecule has 0 bridgehead atoms. The van der Waals surface area contributed by atoms with Crippen LogP contribution in [0, 0.1) is 5.82 Å². The lowest BCUT2D eigenvalue weighted by Crippen LogP contribution is -1.97. The fraction of sp³-hybridized carbons (Fsp3) is 0.143. The second kappa shape index (κ2) is 6.59. The summed E-state index contributed by atoms with van der Waals surface area (Å²) in [6, 6.07) is 14.7. The standard InChI is InChI=1S/C21H19FN4/c1-14(2)15-5-9-18(10-6-15)24-21-20(16-3-7-17(22)8-4-16)25-19-13-23-11-12-26(19)21/h3-14,24H,1-2H3. The fourth-order valence-electron chi connectivity index (χ4n) is 2.92. The Kier molecular flexibility index (Phi) is 4.13. The summed E-state index contributed by atoms with van der Waals surface area (Å²) in [5, 5.41) is 3.45. The first kappa shape index (κ1) is 16.3. The maximum atomic E-state index is 13.3. The van der Waals surface area contributed by atoms with Crippen LogP contribution in [0.2, 0.25) is 0 Å². The highest BCUT2D eigenvalue weighted by Gasteiger charge is 2.14. The van der Waals surface area contributed by atoms with E-state index in [2.05, 4.69) is 53.4 Å². The summed E-state index contributed by atoms with van der Waals surface area (Å²) in [5.74, 6) is 1.05. The summed E-state index contributed by atoms with van der Waals surface area (Å²) in [6.45, 7) is 4.35. The topological polar surface area (TPSA) is 42.2 Å². The quantitative estimate of drug-likeness (QED) is 0.538. The van der Waals surface area contributed by atoms with E-state index in [9.17, 15) is 4.39 Å². The number of imidazole rings is 1. The maximum absolute atomic E-state index is 13.3. The van der Waals surface area contributed by atoms with Crippen molar-refractivity contribution in [2.45, 2.75) is 19.8 Å². The fourth-order valence-corrected chi connectivity index (χ4v) is 2.92. The summed E-state index contributed by atoms with van der Waals surface area (Å²) in [5.41, 5.74) is 4.59. The lowest BCUT2D eigenvalue weighted by Gasteiger charge is -2.11. The van der Waals surface area contributed by atoms with Crippen molar-refractivity contribution >= 4 is 17.2 Å². The van der Waals surface area contributed by atoms with Crippen molar-refractivity contribution in [2.75, 3.05) is 5.32 Å². The van der Waals surface area contributed by atoms with Gasteiger partial charge in [-0.05, 0) is 47.9 Å². The van der Waals surface area contributed by atoms with E-state index >= 15 is 0 Å². The third-order valence-electron chi connectivity index (χ3n) is 4.39. The van der Waals surface area contributed by atoms with E-state index < -0.39 is 0 Å². The monoisotopic (exact) mass is 346 g/mol. The Hall–Kier alpha value is -3.21. The molecule has 4 rings (SSSR count). The van der Waals surface area contributed by atoms with Gasteiger partial charge >= 0.3 is 0 Å². The molecule has 2 aromatic carbocycles. The van der Waals surface area contributed by atoms with E-state index in [1.807, 2.05) is 10.6 Å². The highest BCUT2D eigenvalue weighted by atomic mass is 19.1. The summed E-state index contributed by atoms with van der Waals surface area (Å²) >= 11 is 0. The van der Waals surface area contributed by atoms with Gasteiger partial charge < -0.3 is 5.32 Å². The molecule has 5 heteroatoms. The predicted molar refractivity (Wildman–Crippen MR) is 102 cm³/mol. The molecule has 0 saturated carbocycles. The lowest BCUT2D eigenvalue weighted by molar-refractivity contribution is 0.628. The first-order valence-corrected chi connectivity index (χ1v) is 8.57. The largest absolute Gasteiger partial charge is 0.339 e. The number of fused-ring (bicyclic) bond motifs is 1. The SMILES string of the molecule is CC(C)c1ccc(Nc2c(-c3ccc(F)cc3)nc3cnccn23)cc1. The number of anilines is 2. The van der Waals surface area contributed by atoms with Crippen molar-refractivity contribution in [3.63, 3.8) is 0 Å². The highest BCUT2D eigenvalue weighted by molar-refractivity contribution is 5.79. The molecule has 2 aromatic heterocycles. The van der Waals surface area contributed by atoms with Crippen molar-refractivity contribution in [3.05, 3.63) is 78.5 Å². The molecular formula is C21H19FN4. The molecule has 2 heterocycles. The van der Waals surface area contributed by atoms with Gasteiger partial charge in [-0.3, -0.25) is 9.38 Å². The van der Waals surface area contributed by atoms with E-state index in [1.54, 1.807) is 24.5 Å². The number of nitrogens with one attached hydrogen (secondary N) is 1. The Morgan fingerprint density at radius 1 is 1.00 bits per heavy atom. The van der Waals surface area contributed by atoms with Crippen LogP contribution in [0.15, 0.2) is 67.1 Å². The zero-order chi connectivity index (χ0) is 18.1. The van der Waals surface area contributed by atoms with Gasteiger partial charge in [-0.1, -0.05) is 26.0 Å². The third-order valence-corrected chi connectivity index (χ3v) is 4.39. The number of rotatable bonds is 4. The van der Waals surface area contributed by atoms with Crippen LogP contribution in [0.3, 0.4) is 0 Å². The Morgan fingerprint density at radius 3 is 2.42 bits per heavy atom. The van der Waals surface area contributed by atoms with Crippen LogP contribution in [0.4, 0.5) is 15.9 Å². The molecule has 0 radical (unpaired) electrons. The second-order valence-corrected chi connectivity index (χ2v) is 6.52. The van der Waals surface area contributed by atoms with Crippen LogP contribution in [0.1, 0.15) is 25.3 Å². The molecule has 0 atom stereocenters. The number of halogens is 1. The normalized spacial score (nSPS) is 11.2. The molecule has 0 fully saturated rings. The Labute approximate surface area is 151 Å². The summed E-state index contributed by atoms with van der Waals surface area (Å²) in [7, 11) is 0. The molecule has 0 aliphatic carbocycles. The minimum absolute atomic E-state index is 0.266. The summed E-state index contributed by atoms with van der Waals surface area (Å²) in [6.07, 6.45) is 5.29. The second-order valence-electron chi connectivity index (χ2n) is 6.52. The van der Waals surface area contributed by atoms with Crippen molar-refractivity contribution in [2.24, 2.45) is 0 Å². The van der Waals surface area contributed by atoms with Gasteiger partial charge in [0.1, 0.15) is 17.3 Å². The van der Waals surface area contributed by atoms with Crippen molar-refractivity contribution in [3.8, 4) is 11.3 Å². The molecule has 1 N–H and O–H groups in total. The molecule has 0 spiro atoms. The molecule has 0 unspecified atom stereocenters. The lowest BCUT2D eigenvalue weighted by atomic mass is 10.0. The number of hydrogen-bond donors (Lipinski definition) is 1. The zero-order valence-electron chi connectivity index (χ0n) is 14.6. The Morgan fingerprint density at radius 2 is 1.73 bits per heavy atom. The van der Waals surface area contributed by atoms with E-state index in [-0.39, 0.29) is 5.82 Å². The molecule has 0 saturated heterocycles. The van der Waals surface area contributed by atoms with E-state index in [1.165, 1.54) is 17.7 Å². The molecular weight excluding hydrogens is 327 g/mol.